The van der Waals surface area contributed by atoms with E-state index in [9.17, 15) is 4.79 Å². The average molecular weight is 338 g/mol. The summed E-state index contributed by atoms with van der Waals surface area (Å²) >= 11 is 0. The molecule has 1 saturated carbocycles. The van der Waals surface area contributed by atoms with Crippen LogP contribution in [-0.4, -0.2) is 55.5 Å². The molecule has 0 aromatic heterocycles. The largest absolute Gasteiger partial charge is 0.444 e. The van der Waals surface area contributed by atoms with Crippen LogP contribution in [0.25, 0.3) is 0 Å². The van der Waals surface area contributed by atoms with Crippen LogP contribution in [0.4, 0.5) is 4.79 Å². The molecule has 2 saturated heterocycles. The van der Waals surface area contributed by atoms with Gasteiger partial charge < -0.3 is 19.7 Å². The first-order valence-corrected chi connectivity index (χ1v) is 9.66. The van der Waals surface area contributed by atoms with Gasteiger partial charge >= 0.3 is 6.09 Å². The number of piperidine rings is 1. The number of hydrogen-bond acceptors (Lipinski definition) is 4. The van der Waals surface area contributed by atoms with Gasteiger partial charge in [-0.25, -0.2) is 4.79 Å². The smallest absolute Gasteiger partial charge is 0.410 e. The number of likely N-dealkylation sites (tertiary alicyclic amines) is 1. The summed E-state index contributed by atoms with van der Waals surface area (Å²) in [7, 11) is 0. The van der Waals surface area contributed by atoms with Gasteiger partial charge in [-0.15, -0.1) is 0 Å². The molecule has 2 heterocycles. The summed E-state index contributed by atoms with van der Waals surface area (Å²) in [6.07, 6.45) is 7.44. The number of carbonyl (C=O) groups excluding carboxylic acids is 1. The van der Waals surface area contributed by atoms with E-state index in [4.69, 9.17) is 9.47 Å². The van der Waals surface area contributed by atoms with Crippen LogP contribution in [0.2, 0.25) is 0 Å². The Balaban J connectivity index is 1.35. The molecule has 5 heteroatoms. The molecule has 3 aliphatic rings. The molecule has 0 atom stereocenters. The topological polar surface area (TPSA) is 50.8 Å². The molecule has 0 unspecified atom stereocenters. The van der Waals surface area contributed by atoms with Crippen LogP contribution in [0.1, 0.15) is 59.3 Å². The molecule has 1 aliphatic carbocycles. The van der Waals surface area contributed by atoms with Gasteiger partial charge in [0.2, 0.25) is 0 Å². The van der Waals surface area contributed by atoms with E-state index in [1.807, 2.05) is 25.7 Å². The normalized spacial score (nSPS) is 25.5. The van der Waals surface area contributed by atoms with Gasteiger partial charge in [-0.1, -0.05) is 0 Å². The zero-order chi connectivity index (χ0) is 17.2. The first-order chi connectivity index (χ1) is 11.4. The molecule has 2 aliphatic heterocycles. The maximum absolute atomic E-state index is 12.1. The summed E-state index contributed by atoms with van der Waals surface area (Å²) in [6, 6.07) is 0. The van der Waals surface area contributed by atoms with Crippen LogP contribution in [0.5, 0.6) is 0 Å². The third kappa shape index (κ3) is 4.63. The van der Waals surface area contributed by atoms with Crippen molar-refractivity contribution in [1.29, 1.82) is 0 Å². The quantitative estimate of drug-likeness (QED) is 0.859. The molecule has 5 nitrogen and oxygen atoms in total. The van der Waals surface area contributed by atoms with Gasteiger partial charge in [0.1, 0.15) is 5.60 Å². The number of nitrogens with one attached hydrogen (secondary N) is 1. The van der Waals surface area contributed by atoms with Gasteiger partial charge in [-0.3, -0.25) is 0 Å². The molecule has 1 amide bonds. The van der Waals surface area contributed by atoms with E-state index in [2.05, 4.69) is 5.32 Å². The second-order valence-corrected chi connectivity index (χ2v) is 9.06. The second-order valence-electron chi connectivity index (χ2n) is 9.06. The third-order valence-electron chi connectivity index (χ3n) is 5.72. The fourth-order valence-electron chi connectivity index (χ4n) is 4.23. The van der Waals surface area contributed by atoms with E-state index in [0.29, 0.717) is 11.5 Å². The van der Waals surface area contributed by atoms with Crippen LogP contribution in [0, 0.1) is 11.3 Å². The lowest BCUT2D eigenvalue weighted by Crippen LogP contribution is -2.60. The Labute approximate surface area is 146 Å². The predicted molar refractivity (Wildman–Crippen MR) is 94.0 cm³/mol. The summed E-state index contributed by atoms with van der Waals surface area (Å²) < 4.78 is 11.7. The van der Waals surface area contributed by atoms with Crippen molar-refractivity contribution < 1.29 is 14.3 Å². The lowest BCUT2D eigenvalue weighted by molar-refractivity contribution is -0.0800. The highest BCUT2D eigenvalue weighted by molar-refractivity contribution is 5.69. The zero-order valence-electron chi connectivity index (χ0n) is 15.6. The van der Waals surface area contributed by atoms with Gasteiger partial charge in [0.05, 0.1) is 6.10 Å². The van der Waals surface area contributed by atoms with Crippen molar-refractivity contribution in [3.8, 4) is 0 Å². The Hall–Kier alpha value is -0.810. The minimum Gasteiger partial charge on any atom is -0.444 e. The number of carbonyl (C=O) groups is 1. The molecule has 1 spiro atoms. The molecule has 24 heavy (non-hydrogen) atoms. The maximum atomic E-state index is 12.1. The molecule has 0 aromatic carbocycles. The van der Waals surface area contributed by atoms with E-state index >= 15 is 0 Å². The third-order valence-corrected chi connectivity index (χ3v) is 5.72. The fraction of sp³-hybridized carbons (Fsp3) is 0.947. The maximum Gasteiger partial charge on any atom is 0.410 e. The van der Waals surface area contributed by atoms with E-state index in [1.165, 1.54) is 25.7 Å². The summed E-state index contributed by atoms with van der Waals surface area (Å²) in [5.74, 6) is 0.744. The highest BCUT2D eigenvalue weighted by Crippen LogP contribution is 2.45. The van der Waals surface area contributed by atoms with Crippen LogP contribution in [-0.2, 0) is 9.47 Å². The summed E-state index contributed by atoms with van der Waals surface area (Å²) in [4.78, 5) is 13.9. The molecule has 3 rings (SSSR count). The van der Waals surface area contributed by atoms with Gasteiger partial charge in [-0.05, 0) is 78.3 Å². The number of nitrogens with zero attached hydrogens (tertiary/aromatic N) is 1. The van der Waals surface area contributed by atoms with Crippen molar-refractivity contribution in [3.63, 3.8) is 0 Å². The van der Waals surface area contributed by atoms with Gasteiger partial charge in [0.25, 0.3) is 0 Å². The molecule has 0 radical (unpaired) electrons. The molecule has 3 fully saturated rings. The van der Waals surface area contributed by atoms with Crippen LogP contribution in [0.15, 0.2) is 0 Å². The van der Waals surface area contributed by atoms with Crippen LogP contribution < -0.4 is 5.32 Å². The number of rotatable bonds is 3. The lowest BCUT2D eigenvalue weighted by atomic mass is 9.68. The van der Waals surface area contributed by atoms with Crippen LogP contribution >= 0.6 is 0 Å². The fourth-order valence-corrected chi connectivity index (χ4v) is 4.23. The van der Waals surface area contributed by atoms with Crippen molar-refractivity contribution in [2.24, 2.45) is 11.3 Å². The van der Waals surface area contributed by atoms with Crippen molar-refractivity contribution in [1.82, 2.24) is 10.2 Å². The first-order valence-electron chi connectivity index (χ1n) is 9.66. The van der Waals surface area contributed by atoms with Crippen molar-refractivity contribution >= 4 is 6.09 Å². The molecular weight excluding hydrogens is 304 g/mol. The Kier molecular flexibility index (Phi) is 5.40. The van der Waals surface area contributed by atoms with Crippen molar-refractivity contribution in [2.75, 3.05) is 32.8 Å². The molecule has 0 bridgehead atoms. The molecular formula is C19H34N2O3. The van der Waals surface area contributed by atoms with E-state index < -0.39 is 5.60 Å². The van der Waals surface area contributed by atoms with Crippen molar-refractivity contribution in [2.45, 2.75) is 71.0 Å². The molecule has 1 N–H and O–H groups in total. The second kappa shape index (κ2) is 7.20. The number of hydrogen-bond donors (Lipinski definition) is 1. The molecule has 0 aromatic rings. The minimum atomic E-state index is -0.403. The van der Waals surface area contributed by atoms with E-state index in [1.54, 1.807) is 0 Å². The predicted octanol–water partition coefficient (Wildman–Crippen LogP) is 3.18. The monoisotopic (exact) mass is 338 g/mol. The Morgan fingerprint density at radius 2 is 1.75 bits per heavy atom. The number of amides is 1. The van der Waals surface area contributed by atoms with Gasteiger partial charge in [0, 0.05) is 25.1 Å². The van der Waals surface area contributed by atoms with E-state index in [-0.39, 0.29) is 6.09 Å². The Morgan fingerprint density at radius 3 is 2.33 bits per heavy atom. The summed E-state index contributed by atoms with van der Waals surface area (Å²) in [6.45, 7) is 10.7. The summed E-state index contributed by atoms with van der Waals surface area (Å²) in [5.41, 5.74) is -0.0640. The standard InChI is InChI=1S/C19H34N2O3/c1-18(2,3)24-17(22)21-13-19(14-21)8-4-16(5-9-19)23-12-15-6-10-20-11-7-15/h15-16,20H,4-14H2,1-3H3. The average Bonchev–Trinajstić information content (AvgIpc) is 2.50. The highest BCUT2D eigenvalue weighted by Gasteiger charge is 2.48. The highest BCUT2D eigenvalue weighted by atomic mass is 16.6. The number of ether oxygens (including phenoxy) is 2. The van der Waals surface area contributed by atoms with Crippen molar-refractivity contribution in [3.05, 3.63) is 0 Å². The zero-order valence-corrected chi connectivity index (χ0v) is 15.6. The van der Waals surface area contributed by atoms with Gasteiger partial charge in [-0.2, -0.15) is 0 Å². The Morgan fingerprint density at radius 1 is 1.12 bits per heavy atom. The van der Waals surface area contributed by atoms with Crippen LogP contribution in [0.3, 0.4) is 0 Å². The van der Waals surface area contributed by atoms with E-state index in [0.717, 1.165) is 51.5 Å². The Bertz CT molecular complexity index is 424. The first kappa shape index (κ1) is 18.0. The minimum absolute atomic E-state index is 0.155. The SMILES string of the molecule is CC(C)(C)OC(=O)N1CC2(CCC(OCC3CCNCC3)CC2)C1. The van der Waals surface area contributed by atoms with Gasteiger partial charge in [0.15, 0.2) is 0 Å². The lowest BCUT2D eigenvalue weighted by Gasteiger charge is -2.53. The summed E-state index contributed by atoms with van der Waals surface area (Å²) in [5, 5.41) is 3.41. The molecule has 138 valence electrons.